The predicted molar refractivity (Wildman–Crippen MR) is 58.5 cm³/mol. The van der Waals surface area contributed by atoms with Gasteiger partial charge in [0.25, 0.3) is 0 Å². The summed E-state index contributed by atoms with van der Waals surface area (Å²) >= 11 is 0. The number of hydrogen-bond donors (Lipinski definition) is 2. The number of nitrogens with two attached hydrogens (primary N) is 1. The monoisotopic (exact) mass is 206 g/mol. The Morgan fingerprint density at radius 2 is 2.40 bits per heavy atom. The zero-order valence-electron chi connectivity index (χ0n) is 8.95. The van der Waals surface area contributed by atoms with Crippen molar-refractivity contribution in [1.29, 1.82) is 0 Å². The minimum Gasteiger partial charge on any atom is -0.331 e. The van der Waals surface area contributed by atoms with Crippen molar-refractivity contribution < 1.29 is 0 Å². The molecule has 1 aromatic rings. The molecule has 1 fully saturated rings. The van der Waals surface area contributed by atoms with Crippen LogP contribution >= 0.6 is 0 Å². The first-order valence-corrected chi connectivity index (χ1v) is 5.88. The second-order valence-electron chi connectivity index (χ2n) is 4.66. The summed E-state index contributed by atoms with van der Waals surface area (Å²) in [5.41, 5.74) is 7.27. The summed E-state index contributed by atoms with van der Waals surface area (Å²) in [6, 6.07) is 0.812. The van der Waals surface area contributed by atoms with Gasteiger partial charge in [-0.1, -0.05) is 0 Å². The number of rotatable bonds is 1. The fraction of sp³-hybridized carbons (Fsp3) is 0.727. The summed E-state index contributed by atoms with van der Waals surface area (Å²) < 4.78 is 2.37. The molecule has 0 radical (unpaired) electrons. The molecule has 2 aliphatic heterocycles. The number of imidazole rings is 1. The first-order chi connectivity index (χ1) is 7.34. The van der Waals surface area contributed by atoms with Crippen molar-refractivity contribution in [2.45, 2.75) is 44.3 Å². The molecule has 2 atom stereocenters. The van der Waals surface area contributed by atoms with Crippen LogP contribution in [-0.4, -0.2) is 22.1 Å². The molecule has 0 amide bonds. The van der Waals surface area contributed by atoms with Crippen LogP contribution in [0.4, 0.5) is 0 Å². The van der Waals surface area contributed by atoms with Crippen molar-refractivity contribution in [2.75, 3.05) is 6.54 Å². The Bertz CT molecular complexity index is 351. The summed E-state index contributed by atoms with van der Waals surface area (Å²) in [5, 5.41) is 3.51. The predicted octanol–water partition coefficient (Wildman–Crippen LogP) is 0.581. The van der Waals surface area contributed by atoms with Crippen LogP contribution in [0.3, 0.4) is 0 Å². The molecule has 3 rings (SSSR count). The van der Waals surface area contributed by atoms with E-state index in [1.807, 2.05) is 6.20 Å². The Balaban J connectivity index is 1.90. The molecule has 15 heavy (non-hydrogen) atoms. The van der Waals surface area contributed by atoms with Gasteiger partial charge in [-0.15, -0.1) is 0 Å². The van der Waals surface area contributed by atoms with Gasteiger partial charge in [-0.05, 0) is 25.8 Å². The average Bonchev–Trinajstić information content (AvgIpc) is 2.82. The number of nitrogens with zero attached hydrogens (tertiary/aromatic N) is 2. The number of nitrogens with one attached hydrogen (secondary N) is 1. The second kappa shape index (κ2) is 3.61. The summed E-state index contributed by atoms with van der Waals surface area (Å²) in [4.78, 5) is 4.56. The maximum Gasteiger partial charge on any atom is 0.126 e. The molecule has 0 bridgehead atoms. The quantitative estimate of drug-likeness (QED) is 0.706. The van der Waals surface area contributed by atoms with Crippen molar-refractivity contribution in [1.82, 2.24) is 14.9 Å². The van der Waals surface area contributed by atoms with Gasteiger partial charge in [-0.2, -0.15) is 0 Å². The molecule has 0 aromatic carbocycles. The van der Waals surface area contributed by atoms with Crippen LogP contribution in [0.5, 0.6) is 0 Å². The van der Waals surface area contributed by atoms with Crippen LogP contribution < -0.4 is 11.1 Å². The van der Waals surface area contributed by atoms with Crippen molar-refractivity contribution in [3.63, 3.8) is 0 Å². The van der Waals surface area contributed by atoms with Crippen molar-refractivity contribution in [3.8, 4) is 0 Å². The van der Waals surface area contributed by atoms with Crippen LogP contribution in [0.2, 0.25) is 0 Å². The molecular formula is C11H18N4. The molecule has 2 unspecified atom stereocenters. The highest BCUT2D eigenvalue weighted by molar-refractivity contribution is 5.13. The lowest BCUT2D eigenvalue weighted by Crippen LogP contribution is -2.32. The second-order valence-corrected chi connectivity index (χ2v) is 4.66. The molecule has 82 valence electrons. The van der Waals surface area contributed by atoms with Gasteiger partial charge in [-0.3, -0.25) is 0 Å². The normalized spacial score (nSPS) is 30.5. The van der Waals surface area contributed by atoms with E-state index in [1.54, 1.807) is 0 Å². The van der Waals surface area contributed by atoms with Gasteiger partial charge in [-0.25, -0.2) is 4.98 Å². The molecule has 1 aromatic heterocycles. The molecule has 4 nitrogen and oxygen atoms in total. The first kappa shape index (κ1) is 9.36. The van der Waals surface area contributed by atoms with Crippen molar-refractivity contribution in [3.05, 3.63) is 17.7 Å². The molecule has 0 saturated carbocycles. The summed E-state index contributed by atoms with van der Waals surface area (Å²) in [6.45, 7) is 2.18. The highest BCUT2D eigenvalue weighted by atomic mass is 15.1. The number of fused-ring (bicyclic) bond motifs is 1. The lowest BCUT2D eigenvalue weighted by molar-refractivity contribution is 0.442. The van der Waals surface area contributed by atoms with Crippen LogP contribution in [0.15, 0.2) is 6.20 Å². The van der Waals surface area contributed by atoms with Gasteiger partial charge < -0.3 is 15.6 Å². The third-order valence-electron chi connectivity index (χ3n) is 3.54. The third kappa shape index (κ3) is 1.58. The average molecular weight is 206 g/mol. The van der Waals surface area contributed by atoms with E-state index >= 15 is 0 Å². The summed E-state index contributed by atoms with van der Waals surface area (Å²) in [5.74, 6) is 1.23. The highest BCUT2D eigenvalue weighted by Crippen LogP contribution is 2.25. The van der Waals surface area contributed by atoms with E-state index in [0.717, 1.165) is 25.9 Å². The fourth-order valence-corrected chi connectivity index (χ4v) is 2.70. The topological polar surface area (TPSA) is 55.9 Å². The number of aromatic nitrogens is 2. The van der Waals surface area contributed by atoms with Crippen LogP contribution in [0.1, 0.15) is 36.8 Å². The van der Waals surface area contributed by atoms with Crippen molar-refractivity contribution in [2.24, 2.45) is 5.73 Å². The van der Waals surface area contributed by atoms with E-state index in [2.05, 4.69) is 14.9 Å². The Morgan fingerprint density at radius 1 is 1.47 bits per heavy atom. The number of hydrogen-bond acceptors (Lipinski definition) is 3. The van der Waals surface area contributed by atoms with Crippen LogP contribution in [-0.2, 0) is 13.0 Å². The maximum absolute atomic E-state index is 5.96. The summed E-state index contributed by atoms with van der Waals surface area (Å²) in [7, 11) is 0. The molecule has 3 N–H and O–H groups in total. The van der Waals surface area contributed by atoms with Gasteiger partial charge in [0.1, 0.15) is 5.82 Å². The van der Waals surface area contributed by atoms with E-state index < -0.39 is 0 Å². The van der Waals surface area contributed by atoms with E-state index in [0.29, 0.717) is 12.1 Å². The fourth-order valence-electron chi connectivity index (χ4n) is 2.70. The first-order valence-electron chi connectivity index (χ1n) is 5.88. The smallest absolute Gasteiger partial charge is 0.126 e. The third-order valence-corrected chi connectivity index (χ3v) is 3.54. The van der Waals surface area contributed by atoms with E-state index in [9.17, 15) is 0 Å². The van der Waals surface area contributed by atoms with Crippen LogP contribution in [0.25, 0.3) is 0 Å². The van der Waals surface area contributed by atoms with Gasteiger partial charge in [0.05, 0.1) is 6.04 Å². The SMILES string of the molecule is NC1CCn2c(cnc2C2CCCN2)C1. The highest BCUT2D eigenvalue weighted by Gasteiger charge is 2.25. The maximum atomic E-state index is 5.96. The molecule has 1 saturated heterocycles. The van der Waals surface area contributed by atoms with Crippen LogP contribution in [0, 0.1) is 0 Å². The molecule has 0 aliphatic carbocycles. The Hall–Kier alpha value is -0.870. The van der Waals surface area contributed by atoms with E-state index in [4.69, 9.17) is 5.73 Å². The molecular weight excluding hydrogens is 188 g/mol. The zero-order valence-corrected chi connectivity index (χ0v) is 8.95. The lowest BCUT2D eigenvalue weighted by Gasteiger charge is -2.23. The van der Waals surface area contributed by atoms with E-state index in [-0.39, 0.29) is 0 Å². The largest absolute Gasteiger partial charge is 0.331 e. The summed E-state index contributed by atoms with van der Waals surface area (Å²) in [6.07, 6.45) is 6.58. The van der Waals surface area contributed by atoms with Gasteiger partial charge in [0.15, 0.2) is 0 Å². The van der Waals surface area contributed by atoms with Crippen molar-refractivity contribution >= 4 is 0 Å². The van der Waals surface area contributed by atoms with Gasteiger partial charge in [0, 0.05) is 30.9 Å². The van der Waals surface area contributed by atoms with Gasteiger partial charge in [0.2, 0.25) is 0 Å². The standard InChI is InChI=1S/C11H18N4/c12-8-3-5-15-9(6-8)7-14-11(15)10-2-1-4-13-10/h7-8,10,13H,1-6,12H2. The molecule has 2 aliphatic rings. The molecule has 3 heterocycles. The zero-order chi connectivity index (χ0) is 10.3. The molecule has 0 spiro atoms. The Kier molecular flexibility index (Phi) is 2.25. The molecule has 4 heteroatoms. The Morgan fingerprint density at radius 3 is 3.20 bits per heavy atom. The Labute approximate surface area is 89.9 Å². The minimum atomic E-state index is 0.332. The van der Waals surface area contributed by atoms with Gasteiger partial charge >= 0.3 is 0 Å². The lowest BCUT2D eigenvalue weighted by atomic mass is 10.1. The minimum absolute atomic E-state index is 0.332. The van der Waals surface area contributed by atoms with E-state index in [1.165, 1.54) is 24.4 Å².